The van der Waals surface area contributed by atoms with Gasteiger partial charge in [0.05, 0.1) is 25.0 Å². The van der Waals surface area contributed by atoms with Crippen LogP contribution in [0.5, 0.6) is 0 Å². The summed E-state index contributed by atoms with van der Waals surface area (Å²) >= 11 is 0. The molecule has 0 radical (unpaired) electrons. The molecule has 2 aromatic rings. The summed E-state index contributed by atoms with van der Waals surface area (Å²) in [5.41, 5.74) is 0. The highest BCUT2D eigenvalue weighted by Crippen LogP contribution is 2.20. The predicted molar refractivity (Wildman–Crippen MR) is 97.4 cm³/mol. The molecule has 10 heteroatoms. The Bertz CT molecular complexity index is 837. The van der Waals surface area contributed by atoms with Gasteiger partial charge in [-0.05, 0) is 37.1 Å². The van der Waals surface area contributed by atoms with Crippen molar-refractivity contribution in [2.45, 2.75) is 19.4 Å². The normalized spacial score (nSPS) is 14.3. The van der Waals surface area contributed by atoms with E-state index >= 15 is 0 Å². The van der Waals surface area contributed by atoms with Gasteiger partial charge in [-0.2, -0.15) is 0 Å². The van der Waals surface area contributed by atoms with Crippen LogP contribution >= 0.6 is 0 Å². The van der Waals surface area contributed by atoms with E-state index in [2.05, 4.69) is 10.6 Å². The quantitative estimate of drug-likeness (QED) is 0.695. The van der Waals surface area contributed by atoms with E-state index in [0.29, 0.717) is 31.7 Å². The van der Waals surface area contributed by atoms with Crippen molar-refractivity contribution in [2.24, 2.45) is 5.92 Å². The molecule has 1 aliphatic heterocycles. The van der Waals surface area contributed by atoms with Crippen molar-refractivity contribution in [2.75, 3.05) is 19.7 Å². The molecule has 0 unspecified atom stereocenters. The average Bonchev–Trinajstić information content (AvgIpc) is 3.44. The number of piperidine rings is 1. The number of nitrogens with zero attached hydrogens (tertiary/aromatic N) is 1. The van der Waals surface area contributed by atoms with Crippen molar-refractivity contribution < 1.29 is 32.7 Å². The van der Waals surface area contributed by atoms with Gasteiger partial charge in [0, 0.05) is 13.1 Å². The SMILES string of the molecule is O=C(COC(=O)C1CCN(C(=O)c2ccco2)CC1)NC(=O)NCc1ccco1. The second-order valence-corrected chi connectivity index (χ2v) is 6.46. The molecule has 2 aromatic heterocycles. The molecule has 1 saturated heterocycles. The lowest BCUT2D eigenvalue weighted by molar-refractivity contribution is -0.153. The number of likely N-dealkylation sites (tertiary alicyclic amines) is 1. The highest BCUT2D eigenvalue weighted by Gasteiger charge is 2.30. The van der Waals surface area contributed by atoms with Gasteiger partial charge >= 0.3 is 12.0 Å². The number of nitrogens with one attached hydrogen (secondary N) is 2. The first kappa shape index (κ1) is 20.2. The first-order chi connectivity index (χ1) is 14.0. The number of esters is 1. The molecule has 1 aliphatic rings. The van der Waals surface area contributed by atoms with Crippen LogP contribution < -0.4 is 10.6 Å². The van der Waals surface area contributed by atoms with Crippen molar-refractivity contribution in [1.82, 2.24) is 15.5 Å². The standard InChI is InChI=1S/C19H21N3O7/c23-16(21-19(26)20-11-14-3-1-9-27-14)12-29-18(25)13-5-7-22(8-6-13)17(24)15-4-2-10-28-15/h1-4,9-10,13H,5-8,11-12H2,(H2,20,21,23,26). The molecule has 10 nitrogen and oxygen atoms in total. The summed E-state index contributed by atoms with van der Waals surface area (Å²) in [6.07, 6.45) is 3.75. The molecule has 0 aliphatic carbocycles. The fourth-order valence-electron chi connectivity index (χ4n) is 2.92. The molecule has 3 rings (SSSR count). The summed E-state index contributed by atoms with van der Waals surface area (Å²) in [5, 5.41) is 4.51. The van der Waals surface area contributed by atoms with Gasteiger partial charge < -0.3 is 23.8 Å². The van der Waals surface area contributed by atoms with E-state index in [0.717, 1.165) is 0 Å². The minimum absolute atomic E-state index is 0.126. The second kappa shape index (κ2) is 9.58. The van der Waals surface area contributed by atoms with E-state index < -0.39 is 30.4 Å². The highest BCUT2D eigenvalue weighted by molar-refractivity contribution is 5.95. The van der Waals surface area contributed by atoms with E-state index in [1.165, 1.54) is 12.5 Å². The van der Waals surface area contributed by atoms with Crippen molar-refractivity contribution in [3.8, 4) is 0 Å². The lowest BCUT2D eigenvalue weighted by Crippen LogP contribution is -2.42. The zero-order chi connectivity index (χ0) is 20.6. The van der Waals surface area contributed by atoms with Crippen LogP contribution in [0.3, 0.4) is 0 Å². The summed E-state index contributed by atoms with van der Waals surface area (Å²) < 4.78 is 15.1. The Morgan fingerprint density at radius 3 is 2.45 bits per heavy atom. The molecule has 29 heavy (non-hydrogen) atoms. The first-order valence-electron chi connectivity index (χ1n) is 9.12. The summed E-state index contributed by atoms with van der Waals surface area (Å²) in [5.74, 6) is -1.09. The van der Waals surface area contributed by atoms with Gasteiger partial charge in [0.15, 0.2) is 12.4 Å². The van der Waals surface area contributed by atoms with Crippen LogP contribution in [0.15, 0.2) is 45.6 Å². The van der Waals surface area contributed by atoms with Crippen LogP contribution in [0.1, 0.15) is 29.2 Å². The van der Waals surface area contributed by atoms with Gasteiger partial charge in [-0.25, -0.2) is 4.79 Å². The third-order valence-electron chi connectivity index (χ3n) is 4.45. The lowest BCUT2D eigenvalue weighted by Gasteiger charge is -2.30. The lowest BCUT2D eigenvalue weighted by atomic mass is 9.97. The van der Waals surface area contributed by atoms with Gasteiger partial charge in [-0.15, -0.1) is 0 Å². The van der Waals surface area contributed by atoms with Crippen molar-refractivity contribution >= 4 is 23.8 Å². The number of carbonyl (C=O) groups excluding carboxylic acids is 4. The fraction of sp³-hybridized carbons (Fsp3) is 0.368. The van der Waals surface area contributed by atoms with Crippen molar-refractivity contribution in [3.05, 3.63) is 48.3 Å². The first-order valence-corrected chi connectivity index (χ1v) is 9.12. The van der Waals surface area contributed by atoms with Crippen LogP contribution in [-0.2, 0) is 20.9 Å². The van der Waals surface area contributed by atoms with Crippen molar-refractivity contribution in [3.63, 3.8) is 0 Å². The number of rotatable bonds is 6. The average molecular weight is 403 g/mol. The largest absolute Gasteiger partial charge is 0.467 e. The maximum absolute atomic E-state index is 12.2. The summed E-state index contributed by atoms with van der Waals surface area (Å²) in [6, 6.07) is 5.87. The maximum atomic E-state index is 12.2. The Hall–Kier alpha value is -3.56. The fourth-order valence-corrected chi connectivity index (χ4v) is 2.92. The second-order valence-electron chi connectivity index (χ2n) is 6.46. The molecule has 0 saturated carbocycles. The molecule has 1 fully saturated rings. The Balaban J connectivity index is 1.33. The Labute approximate surface area is 166 Å². The number of urea groups is 1. The van der Waals surface area contributed by atoms with Crippen LogP contribution in [0, 0.1) is 5.92 Å². The topological polar surface area (TPSA) is 131 Å². The third-order valence-corrected chi connectivity index (χ3v) is 4.45. The van der Waals surface area contributed by atoms with E-state index in [-0.39, 0.29) is 18.2 Å². The van der Waals surface area contributed by atoms with Crippen LogP contribution in [0.25, 0.3) is 0 Å². The van der Waals surface area contributed by atoms with Gasteiger partial charge in [0.1, 0.15) is 5.76 Å². The number of carbonyl (C=O) groups is 4. The van der Waals surface area contributed by atoms with Crippen LogP contribution in [0.4, 0.5) is 4.79 Å². The summed E-state index contributed by atoms with van der Waals surface area (Å²) in [7, 11) is 0. The number of hydrogen-bond donors (Lipinski definition) is 2. The number of amides is 4. The smallest absolute Gasteiger partial charge is 0.321 e. The molecular formula is C19H21N3O7. The van der Waals surface area contributed by atoms with Crippen LogP contribution in [-0.4, -0.2) is 48.4 Å². The van der Waals surface area contributed by atoms with Gasteiger partial charge in [0.25, 0.3) is 11.8 Å². The minimum Gasteiger partial charge on any atom is -0.467 e. The molecule has 0 atom stereocenters. The minimum atomic E-state index is -0.735. The Morgan fingerprint density at radius 1 is 1.07 bits per heavy atom. The Morgan fingerprint density at radius 2 is 1.79 bits per heavy atom. The molecule has 0 spiro atoms. The molecule has 0 aromatic carbocycles. The number of furan rings is 2. The maximum Gasteiger partial charge on any atom is 0.321 e. The van der Waals surface area contributed by atoms with Crippen molar-refractivity contribution in [1.29, 1.82) is 0 Å². The monoisotopic (exact) mass is 403 g/mol. The van der Waals surface area contributed by atoms with E-state index in [4.69, 9.17) is 13.6 Å². The number of ether oxygens (including phenoxy) is 1. The molecule has 3 heterocycles. The number of imide groups is 1. The molecule has 2 N–H and O–H groups in total. The number of hydrogen-bond acceptors (Lipinski definition) is 7. The van der Waals surface area contributed by atoms with E-state index in [9.17, 15) is 19.2 Å². The van der Waals surface area contributed by atoms with Crippen LogP contribution in [0.2, 0.25) is 0 Å². The van der Waals surface area contributed by atoms with E-state index in [1.807, 2.05) is 0 Å². The molecular weight excluding hydrogens is 382 g/mol. The molecule has 154 valence electrons. The molecule has 0 bridgehead atoms. The third kappa shape index (κ3) is 5.71. The van der Waals surface area contributed by atoms with E-state index in [1.54, 1.807) is 29.2 Å². The Kier molecular flexibility index (Phi) is 6.67. The van der Waals surface area contributed by atoms with Gasteiger partial charge in [-0.1, -0.05) is 0 Å². The zero-order valence-electron chi connectivity index (χ0n) is 15.6. The zero-order valence-corrected chi connectivity index (χ0v) is 15.6. The summed E-state index contributed by atoms with van der Waals surface area (Å²) in [4.78, 5) is 49.3. The predicted octanol–water partition coefficient (Wildman–Crippen LogP) is 1.29. The highest BCUT2D eigenvalue weighted by atomic mass is 16.5. The molecule has 4 amide bonds. The van der Waals surface area contributed by atoms with Gasteiger partial charge in [-0.3, -0.25) is 19.7 Å². The summed E-state index contributed by atoms with van der Waals surface area (Å²) in [6.45, 7) is 0.348. The van der Waals surface area contributed by atoms with Gasteiger partial charge in [0.2, 0.25) is 0 Å².